The average molecular weight is 277 g/mol. The van der Waals surface area contributed by atoms with E-state index in [0.717, 1.165) is 0 Å². The molecule has 0 saturated heterocycles. The maximum atomic E-state index is 11.7. The minimum atomic E-state index is -0.867. The Morgan fingerprint density at radius 2 is 2.25 bits per heavy atom. The Morgan fingerprint density at radius 1 is 1.55 bits per heavy atom. The highest BCUT2D eigenvalue weighted by atomic mass is 16.8. The number of hydrogen-bond donors (Lipinski definition) is 3. The topological polar surface area (TPSA) is 141 Å². The van der Waals surface area contributed by atoms with E-state index in [1.54, 1.807) is 25.1 Å². The van der Waals surface area contributed by atoms with Crippen molar-refractivity contribution in [3.8, 4) is 5.75 Å². The van der Waals surface area contributed by atoms with Crippen LogP contribution in [-0.4, -0.2) is 21.9 Å². The Balaban J connectivity index is 2.18. The molecular weight excluding hydrogens is 266 g/mol. The average Bonchev–Trinajstić information content (AvgIpc) is 2.76. The van der Waals surface area contributed by atoms with Crippen LogP contribution in [-0.2, 0) is 0 Å². The smallest absolute Gasteiger partial charge is 0.322 e. The van der Waals surface area contributed by atoms with E-state index >= 15 is 0 Å². The molecule has 20 heavy (non-hydrogen) atoms. The zero-order valence-corrected chi connectivity index (χ0v) is 10.4. The number of phenols is 1. The first-order chi connectivity index (χ1) is 9.50. The fourth-order valence-electron chi connectivity index (χ4n) is 1.49. The number of nitrogens with zero attached hydrogens (tertiary/aromatic N) is 3. The summed E-state index contributed by atoms with van der Waals surface area (Å²) in [7, 11) is 0. The molecule has 1 amide bonds. The van der Waals surface area contributed by atoms with Crippen LogP contribution >= 0.6 is 0 Å². The van der Waals surface area contributed by atoms with Gasteiger partial charge in [0.1, 0.15) is 5.75 Å². The number of nitrogens with one attached hydrogen (secondary N) is 1. The molecule has 0 fully saturated rings. The Kier molecular flexibility index (Phi) is 3.51. The Bertz CT molecular complexity index is 660. The molecule has 1 aromatic heterocycles. The number of phenolic OH excluding ortho intramolecular Hbond substituents is 1. The van der Waals surface area contributed by atoms with Crippen LogP contribution in [0.5, 0.6) is 5.75 Å². The van der Waals surface area contributed by atoms with E-state index in [1.165, 1.54) is 6.07 Å². The van der Waals surface area contributed by atoms with Crippen molar-refractivity contribution in [2.45, 2.75) is 6.92 Å². The van der Waals surface area contributed by atoms with Crippen LogP contribution in [0.2, 0.25) is 0 Å². The Morgan fingerprint density at radius 3 is 2.85 bits per heavy atom. The molecule has 0 saturated carbocycles. The molecular formula is C11H11N5O4. The number of rotatable bonds is 3. The summed E-state index contributed by atoms with van der Waals surface area (Å²) in [5, 5.41) is 27.6. The van der Waals surface area contributed by atoms with E-state index in [1.807, 2.05) is 0 Å². The molecule has 0 bridgehead atoms. The first-order valence-corrected chi connectivity index (χ1v) is 5.49. The molecule has 0 radical (unpaired) electrons. The molecule has 9 heteroatoms. The lowest BCUT2D eigenvalue weighted by atomic mass is 10.1. The summed E-state index contributed by atoms with van der Waals surface area (Å²) < 4.78 is 4.16. The minimum absolute atomic E-state index is 0.0198. The molecule has 0 aliphatic carbocycles. The lowest BCUT2D eigenvalue weighted by Crippen LogP contribution is -2.36. The number of amides is 1. The predicted molar refractivity (Wildman–Crippen MR) is 67.7 cm³/mol. The van der Waals surface area contributed by atoms with Gasteiger partial charge in [0.25, 0.3) is 0 Å². The van der Waals surface area contributed by atoms with Gasteiger partial charge in [-0.15, -0.1) is 0 Å². The molecule has 0 atom stereocenters. The highest BCUT2D eigenvalue weighted by Crippen LogP contribution is 2.16. The quantitative estimate of drug-likeness (QED) is 0.401. The number of nitrogen functional groups attached to an aromatic ring is 1. The van der Waals surface area contributed by atoms with Crippen molar-refractivity contribution >= 4 is 17.4 Å². The molecule has 1 aromatic carbocycles. The predicted octanol–water partition coefficient (Wildman–Crippen LogP) is -0.250. The summed E-state index contributed by atoms with van der Waals surface area (Å²) in [4.78, 5) is 11.6. The number of carbonyl (C=O) groups is 1. The van der Waals surface area contributed by atoms with Crippen LogP contribution < -0.4 is 16.1 Å². The van der Waals surface area contributed by atoms with Crippen LogP contribution in [0.25, 0.3) is 0 Å². The summed E-state index contributed by atoms with van der Waals surface area (Å²) in [5.74, 6) is -1.19. The van der Waals surface area contributed by atoms with Crippen LogP contribution in [0, 0.1) is 5.21 Å². The van der Waals surface area contributed by atoms with Gasteiger partial charge in [0.15, 0.2) is 0 Å². The third kappa shape index (κ3) is 2.51. The molecule has 0 spiro atoms. The largest absolute Gasteiger partial charge is 0.507 e. The number of anilines is 1. The number of hydrogen-bond acceptors (Lipinski definition) is 7. The van der Waals surface area contributed by atoms with Crippen LogP contribution in [0.15, 0.2) is 34.0 Å². The zero-order valence-electron chi connectivity index (χ0n) is 10.4. The van der Waals surface area contributed by atoms with E-state index < -0.39 is 11.6 Å². The maximum absolute atomic E-state index is 11.7. The second-order valence-electron chi connectivity index (χ2n) is 3.82. The van der Waals surface area contributed by atoms with E-state index in [4.69, 9.17) is 5.73 Å². The highest BCUT2D eigenvalue weighted by Gasteiger charge is 2.24. The van der Waals surface area contributed by atoms with Crippen LogP contribution in [0.4, 0.5) is 5.82 Å². The van der Waals surface area contributed by atoms with E-state index in [2.05, 4.69) is 20.3 Å². The van der Waals surface area contributed by atoms with Gasteiger partial charge in [0.05, 0.1) is 10.9 Å². The van der Waals surface area contributed by atoms with Crippen molar-refractivity contribution in [2.24, 2.45) is 5.10 Å². The fourth-order valence-corrected chi connectivity index (χ4v) is 1.49. The number of carbonyl (C=O) groups excluding carboxylic acids is 1. The summed E-state index contributed by atoms with van der Waals surface area (Å²) in [6.07, 6.45) is 0. The summed E-state index contributed by atoms with van der Waals surface area (Å²) in [5.41, 5.74) is 7.75. The van der Waals surface area contributed by atoms with Gasteiger partial charge in [0, 0.05) is 5.56 Å². The van der Waals surface area contributed by atoms with Gasteiger partial charge in [-0.05, 0) is 24.0 Å². The Labute approximate surface area is 112 Å². The van der Waals surface area contributed by atoms with Gasteiger partial charge in [-0.2, -0.15) is 5.10 Å². The van der Waals surface area contributed by atoms with Gasteiger partial charge in [-0.1, -0.05) is 12.1 Å². The van der Waals surface area contributed by atoms with Crippen molar-refractivity contribution in [3.05, 3.63) is 40.7 Å². The number of para-hydroxylation sites is 1. The summed E-state index contributed by atoms with van der Waals surface area (Å²) in [6.45, 7) is 1.58. The minimum Gasteiger partial charge on any atom is -0.507 e. The number of hydrazone groups is 1. The number of nitrogens with two attached hydrogens (primary N) is 1. The van der Waals surface area contributed by atoms with Crippen molar-refractivity contribution in [2.75, 3.05) is 5.73 Å². The van der Waals surface area contributed by atoms with E-state index in [0.29, 0.717) is 11.3 Å². The third-order valence-electron chi connectivity index (χ3n) is 2.47. The number of aromatic hydroxyl groups is 1. The molecule has 104 valence electrons. The van der Waals surface area contributed by atoms with Gasteiger partial charge in [-0.25, -0.2) is 5.43 Å². The fraction of sp³-hybridized carbons (Fsp3) is 0.0909. The normalized spacial score (nSPS) is 11.3. The number of benzene rings is 1. The Hall–Kier alpha value is -3.10. The molecule has 0 unspecified atom stereocenters. The molecule has 0 aliphatic heterocycles. The standard InChI is InChI=1S/C11H11N5O4/c1-6(7-4-2-3-5-8(7)17)13-14-11(18)9-10(12)15-20-16(9)19/h2-5,17H,1H3,(H2,12,15)(H,14,18)/b13-6-. The molecule has 1 heterocycles. The zero-order chi connectivity index (χ0) is 14.7. The molecule has 9 nitrogen and oxygen atoms in total. The third-order valence-corrected chi connectivity index (χ3v) is 2.47. The molecule has 2 rings (SSSR count). The lowest BCUT2D eigenvalue weighted by molar-refractivity contribution is -0.803. The first-order valence-electron chi connectivity index (χ1n) is 5.49. The SMILES string of the molecule is C/C(=N/NC(=O)c1c(N)no[n+]1[O-])c1ccccc1O. The van der Waals surface area contributed by atoms with Crippen molar-refractivity contribution in [3.63, 3.8) is 0 Å². The van der Waals surface area contributed by atoms with Crippen molar-refractivity contribution in [1.82, 2.24) is 10.6 Å². The molecule has 4 N–H and O–H groups in total. The van der Waals surface area contributed by atoms with Gasteiger partial charge >= 0.3 is 17.4 Å². The second-order valence-corrected chi connectivity index (χ2v) is 3.82. The number of aromatic nitrogens is 2. The van der Waals surface area contributed by atoms with Gasteiger partial charge < -0.3 is 16.0 Å². The first kappa shape index (κ1) is 13.3. The van der Waals surface area contributed by atoms with Gasteiger partial charge in [-0.3, -0.25) is 9.42 Å². The molecule has 0 aliphatic rings. The van der Waals surface area contributed by atoms with Gasteiger partial charge in [0.2, 0.25) is 0 Å². The van der Waals surface area contributed by atoms with Crippen LogP contribution in [0.1, 0.15) is 23.0 Å². The second kappa shape index (κ2) is 5.26. The monoisotopic (exact) mass is 277 g/mol. The van der Waals surface area contributed by atoms with Crippen LogP contribution in [0.3, 0.4) is 0 Å². The highest BCUT2D eigenvalue weighted by molar-refractivity contribution is 6.02. The van der Waals surface area contributed by atoms with E-state index in [-0.39, 0.29) is 16.5 Å². The lowest BCUT2D eigenvalue weighted by Gasteiger charge is -2.03. The molecule has 2 aromatic rings. The maximum Gasteiger partial charge on any atom is 0.322 e. The summed E-state index contributed by atoms with van der Waals surface area (Å²) >= 11 is 0. The van der Waals surface area contributed by atoms with Crippen molar-refractivity contribution < 1.29 is 19.4 Å². The summed E-state index contributed by atoms with van der Waals surface area (Å²) in [6, 6.07) is 6.48. The van der Waals surface area contributed by atoms with E-state index in [9.17, 15) is 15.1 Å². The van der Waals surface area contributed by atoms with Crippen molar-refractivity contribution in [1.29, 1.82) is 0 Å².